The molecule has 0 radical (unpaired) electrons. The Kier molecular flexibility index (Phi) is 6.76. The van der Waals surface area contributed by atoms with Crippen LogP contribution in [-0.4, -0.2) is 54.1 Å². The van der Waals surface area contributed by atoms with E-state index in [0.717, 1.165) is 5.56 Å². The molecule has 0 aliphatic carbocycles. The summed E-state index contributed by atoms with van der Waals surface area (Å²) in [5.41, 5.74) is 0.777. The van der Waals surface area contributed by atoms with E-state index in [9.17, 15) is 4.79 Å². The van der Waals surface area contributed by atoms with Crippen molar-refractivity contribution in [1.82, 2.24) is 25.7 Å². The summed E-state index contributed by atoms with van der Waals surface area (Å²) >= 11 is 5.97. The first-order chi connectivity index (χ1) is 12.0. The zero-order valence-electron chi connectivity index (χ0n) is 14.4. The lowest BCUT2D eigenvalue weighted by molar-refractivity contribution is -0.127. The molecule has 2 N–H and O–H groups in total. The van der Waals surface area contributed by atoms with E-state index in [0.29, 0.717) is 29.2 Å². The zero-order valence-corrected chi connectivity index (χ0v) is 15.2. The van der Waals surface area contributed by atoms with Crippen LogP contribution in [0.15, 0.2) is 33.8 Å². The molecule has 25 heavy (non-hydrogen) atoms. The molecule has 1 amide bonds. The lowest BCUT2D eigenvalue weighted by Gasteiger charge is -2.11. The second-order valence-electron chi connectivity index (χ2n) is 5.36. The molecule has 1 aromatic carbocycles. The van der Waals surface area contributed by atoms with Gasteiger partial charge in [-0.1, -0.05) is 28.9 Å². The summed E-state index contributed by atoms with van der Waals surface area (Å²) in [6.45, 7) is 2.95. The van der Waals surface area contributed by atoms with Gasteiger partial charge in [-0.25, -0.2) is 4.99 Å². The molecule has 0 fully saturated rings. The Morgan fingerprint density at radius 3 is 2.84 bits per heavy atom. The Balaban J connectivity index is 1.99. The highest BCUT2D eigenvalue weighted by atomic mass is 35.5. The van der Waals surface area contributed by atoms with Crippen molar-refractivity contribution < 1.29 is 9.32 Å². The molecule has 1 aromatic heterocycles. The van der Waals surface area contributed by atoms with Crippen molar-refractivity contribution in [3.8, 4) is 11.4 Å². The van der Waals surface area contributed by atoms with E-state index in [-0.39, 0.29) is 19.0 Å². The fourth-order valence-electron chi connectivity index (χ4n) is 1.86. The minimum absolute atomic E-state index is 0.0555. The van der Waals surface area contributed by atoms with Gasteiger partial charge in [-0.15, -0.1) is 0 Å². The second-order valence-corrected chi connectivity index (χ2v) is 5.80. The van der Waals surface area contributed by atoms with Crippen LogP contribution in [0.5, 0.6) is 0 Å². The van der Waals surface area contributed by atoms with Crippen molar-refractivity contribution in [1.29, 1.82) is 0 Å². The third-order valence-electron chi connectivity index (χ3n) is 3.17. The van der Waals surface area contributed by atoms with E-state index in [4.69, 9.17) is 16.1 Å². The van der Waals surface area contributed by atoms with Crippen LogP contribution in [-0.2, 0) is 11.3 Å². The number of halogens is 1. The van der Waals surface area contributed by atoms with Gasteiger partial charge in [0.15, 0.2) is 5.96 Å². The monoisotopic (exact) mass is 364 g/mol. The molecule has 2 rings (SSSR count). The minimum Gasteiger partial charge on any atom is -0.357 e. The predicted octanol–water partition coefficient (Wildman–Crippen LogP) is 1.53. The van der Waals surface area contributed by atoms with Gasteiger partial charge >= 0.3 is 0 Å². The molecule has 0 unspecified atom stereocenters. The number of aromatic nitrogens is 2. The van der Waals surface area contributed by atoms with Crippen molar-refractivity contribution >= 4 is 23.5 Å². The fraction of sp³-hybridized carbons (Fsp3) is 0.375. The average molecular weight is 365 g/mol. The number of amides is 1. The predicted molar refractivity (Wildman–Crippen MR) is 96.3 cm³/mol. The van der Waals surface area contributed by atoms with Crippen molar-refractivity contribution in [2.45, 2.75) is 13.5 Å². The molecule has 0 aliphatic heterocycles. The number of aliphatic imine (C=N–C) groups is 1. The molecule has 0 saturated carbocycles. The molecular formula is C16H21ClN6O2. The van der Waals surface area contributed by atoms with E-state index >= 15 is 0 Å². The van der Waals surface area contributed by atoms with Crippen LogP contribution in [0.4, 0.5) is 0 Å². The second kappa shape index (κ2) is 9.03. The Hall–Kier alpha value is -2.61. The molecule has 0 aliphatic rings. The highest BCUT2D eigenvalue weighted by Gasteiger charge is 2.10. The summed E-state index contributed by atoms with van der Waals surface area (Å²) in [5.74, 6) is 1.28. The summed E-state index contributed by atoms with van der Waals surface area (Å²) in [6, 6.07) is 7.22. The number of nitrogens with one attached hydrogen (secondary N) is 2. The molecule has 0 bridgehead atoms. The maximum atomic E-state index is 11.6. The quantitative estimate of drug-likeness (QED) is 0.596. The molecule has 0 atom stereocenters. The van der Waals surface area contributed by atoms with E-state index in [1.54, 1.807) is 26.2 Å². The molecule has 0 spiro atoms. The number of likely N-dealkylation sites (N-methyl/N-ethyl adjacent to an activating group) is 1. The fourth-order valence-corrected chi connectivity index (χ4v) is 2.05. The number of nitrogens with zero attached hydrogens (tertiary/aromatic N) is 4. The van der Waals surface area contributed by atoms with Gasteiger partial charge in [-0.05, 0) is 19.1 Å². The number of benzene rings is 1. The minimum atomic E-state index is -0.0850. The number of rotatable bonds is 6. The Morgan fingerprint density at radius 2 is 2.16 bits per heavy atom. The molecule has 134 valence electrons. The first-order valence-electron chi connectivity index (χ1n) is 7.80. The summed E-state index contributed by atoms with van der Waals surface area (Å²) in [5, 5.41) is 10.7. The normalized spacial score (nSPS) is 11.3. The van der Waals surface area contributed by atoms with Crippen molar-refractivity contribution in [2.75, 3.05) is 27.2 Å². The van der Waals surface area contributed by atoms with E-state index < -0.39 is 0 Å². The zero-order chi connectivity index (χ0) is 18.2. The maximum Gasteiger partial charge on any atom is 0.246 e. The Labute approximate surface area is 151 Å². The Bertz CT molecular complexity index is 744. The summed E-state index contributed by atoms with van der Waals surface area (Å²) in [4.78, 5) is 21.7. The average Bonchev–Trinajstić information content (AvgIpc) is 3.06. The van der Waals surface area contributed by atoms with E-state index in [1.807, 2.05) is 19.1 Å². The van der Waals surface area contributed by atoms with Gasteiger partial charge in [0.1, 0.15) is 6.54 Å². The molecule has 1 heterocycles. The van der Waals surface area contributed by atoms with Gasteiger partial charge in [-0.2, -0.15) is 4.98 Å². The number of carbonyl (C=O) groups excluding carboxylic acids is 1. The Morgan fingerprint density at radius 1 is 1.36 bits per heavy atom. The summed E-state index contributed by atoms with van der Waals surface area (Å²) in [6.07, 6.45) is 0. The lowest BCUT2D eigenvalue weighted by atomic mass is 10.2. The molecule has 0 saturated heterocycles. The molecule has 8 nitrogen and oxygen atoms in total. The van der Waals surface area contributed by atoms with Crippen LogP contribution in [0.1, 0.15) is 12.8 Å². The lowest BCUT2D eigenvalue weighted by Crippen LogP contribution is -2.38. The standard InChI is InChI=1S/C16H21ClN6O2/c1-4-18-16(20-10-14(24)23(2)3)19-9-13-21-15(22-25-13)11-6-5-7-12(17)8-11/h5-8H,4,9-10H2,1-3H3,(H2,18,19,20). The summed E-state index contributed by atoms with van der Waals surface area (Å²) < 4.78 is 5.23. The first kappa shape index (κ1) is 18.7. The highest BCUT2D eigenvalue weighted by molar-refractivity contribution is 6.30. The SMILES string of the molecule is CCNC(=NCC(=O)N(C)C)NCc1nc(-c2cccc(Cl)c2)no1. The van der Waals surface area contributed by atoms with Gasteiger partial charge in [0.05, 0.1) is 6.54 Å². The van der Waals surface area contributed by atoms with Gasteiger partial charge in [0, 0.05) is 31.2 Å². The van der Waals surface area contributed by atoms with Crippen LogP contribution in [0, 0.1) is 0 Å². The van der Waals surface area contributed by atoms with Gasteiger partial charge < -0.3 is 20.1 Å². The van der Waals surface area contributed by atoms with E-state index in [1.165, 1.54) is 4.90 Å². The third-order valence-corrected chi connectivity index (χ3v) is 3.41. The molecule has 2 aromatic rings. The van der Waals surface area contributed by atoms with Crippen LogP contribution in [0.2, 0.25) is 5.02 Å². The van der Waals surface area contributed by atoms with Crippen molar-refractivity contribution in [2.24, 2.45) is 4.99 Å². The topological polar surface area (TPSA) is 95.7 Å². The number of hydrogen-bond donors (Lipinski definition) is 2. The smallest absolute Gasteiger partial charge is 0.246 e. The van der Waals surface area contributed by atoms with Crippen molar-refractivity contribution in [3.05, 3.63) is 35.2 Å². The number of guanidine groups is 1. The van der Waals surface area contributed by atoms with Gasteiger partial charge in [0.2, 0.25) is 17.6 Å². The molecular weight excluding hydrogens is 344 g/mol. The number of carbonyl (C=O) groups is 1. The molecule has 9 heteroatoms. The van der Waals surface area contributed by atoms with Crippen LogP contribution < -0.4 is 10.6 Å². The van der Waals surface area contributed by atoms with Gasteiger partial charge in [-0.3, -0.25) is 4.79 Å². The van der Waals surface area contributed by atoms with Crippen LogP contribution >= 0.6 is 11.6 Å². The maximum absolute atomic E-state index is 11.6. The van der Waals surface area contributed by atoms with Crippen LogP contribution in [0.3, 0.4) is 0 Å². The number of hydrogen-bond acceptors (Lipinski definition) is 5. The summed E-state index contributed by atoms with van der Waals surface area (Å²) in [7, 11) is 3.38. The van der Waals surface area contributed by atoms with Gasteiger partial charge in [0.25, 0.3) is 0 Å². The van der Waals surface area contributed by atoms with E-state index in [2.05, 4.69) is 25.8 Å². The largest absolute Gasteiger partial charge is 0.357 e. The first-order valence-corrected chi connectivity index (χ1v) is 8.18. The van der Waals surface area contributed by atoms with Crippen molar-refractivity contribution in [3.63, 3.8) is 0 Å². The van der Waals surface area contributed by atoms with Crippen LogP contribution in [0.25, 0.3) is 11.4 Å². The highest BCUT2D eigenvalue weighted by Crippen LogP contribution is 2.19. The third kappa shape index (κ3) is 5.75.